The quantitative estimate of drug-likeness (QED) is 0.487. The van der Waals surface area contributed by atoms with Crippen LogP contribution in [0.15, 0.2) is 54.6 Å². The highest BCUT2D eigenvalue weighted by Crippen LogP contribution is 2.45. The van der Waals surface area contributed by atoms with Crippen LogP contribution < -0.4 is 5.32 Å². The van der Waals surface area contributed by atoms with E-state index >= 15 is 0 Å². The predicted molar refractivity (Wildman–Crippen MR) is 139 cm³/mol. The smallest absolute Gasteiger partial charge is 0.328 e. The first-order valence-electron chi connectivity index (χ1n) is 12.8. The summed E-state index contributed by atoms with van der Waals surface area (Å²) in [6, 6.07) is 16.8. The van der Waals surface area contributed by atoms with Gasteiger partial charge < -0.3 is 15.2 Å². The summed E-state index contributed by atoms with van der Waals surface area (Å²) < 4.78 is 0. The Balaban J connectivity index is 1.40. The Morgan fingerprint density at radius 1 is 1.06 bits per heavy atom. The minimum atomic E-state index is -1.16. The lowest BCUT2D eigenvalue weighted by molar-refractivity contribution is -0.141. The Bertz CT molecular complexity index is 1310. The maximum Gasteiger partial charge on any atom is 0.328 e. The molecule has 1 unspecified atom stereocenters. The normalized spacial score (nSPS) is 21.0. The number of urea groups is 1. The van der Waals surface area contributed by atoms with Crippen molar-refractivity contribution in [1.29, 1.82) is 0 Å². The topological polar surface area (TPSA) is 85.5 Å². The van der Waals surface area contributed by atoms with Gasteiger partial charge in [-0.15, -0.1) is 0 Å². The number of aryl methyl sites for hydroxylation is 1. The average molecular weight is 487 g/mol. The molecule has 3 aromatic rings. The van der Waals surface area contributed by atoms with Gasteiger partial charge in [0.1, 0.15) is 6.04 Å². The number of imide groups is 1. The zero-order valence-corrected chi connectivity index (χ0v) is 21.4. The molecule has 0 radical (unpaired) electrons. The largest absolute Gasteiger partial charge is 0.356 e. The van der Waals surface area contributed by atoms with E-state index in [0.29, 0.717) is 13.0 Å². The van der Waals surface area contributed by atoms with Gasteiger partial charge in [-0.05, 0) is 56.2 Å². The van der Waals surface area contributed by atoms with Gasteiger partial charge in [0.2, 0.25) is 5.91 Å². The lowest BCUT2D eigenvalue weighted by Gasteiger charge is -2.36. The molecule has 5 rings (SSSR count). The molecule has 4 amide bonds. The third kappa shape index (κ3) is 3.77. The van der Waals surface area contributed by atoms with Crippen LogP contribution in [0.25, 0.3) is 10.9 Å². The molecule has 0 saturated carbocycles. The molecule has 2 aliphatic rings. The van der Waals surface area contributed by atoms with Crippen LogP contribution in [-0.4, -0.2) is 51.3 Å². The standard InChI is InChI=1S/C29H34N4O3/c1-18(2)24(26(34)30-19(3)14-15-20-10-6-5-7-11-20)33-27(35)29(4)25-22(16-17-32(29)28(33)36)21-12-8-9-13-23(21)31-25/h5-13,18-19,24,31H,14-17H2,1-4H3,(H,30,34)/t19?,24-,29-/m0/s1. The van der Waals surface area contributed by atoms with Crippen LogP contribution >= 0.6 is 0 Å². The fourth-order valence-corrected chi connectivity index (χ4v) is 5.81. The van der Waals surface area contributed by atoms with Gasteiger partial charge in [-0.25, -0.2) is 9.69 Å². The van der Waals surface area contributed by atoms with Crippen molar-refractivity contribution < 1.29 is 14.4 Å². The van der Waals surface area contributed by atoms with Crippen molar-refractivity contribution in [2.45, 2.75) is 64.6 Å². The van der Waals surface area contributed by atoms with Crippen molar-refractivity contribution in [3.05, 3.63) is 71.4 Å². The van der Waals surface area contributed by atoms with Crippen LogP contribution in [0, 0.1) is 5.92 Å². The fourth-order valence-electron chi connectivity index (χ4n) is 5.81. The summed E-state index contributed by atoms with van der Waals surface area (Å²) in [7, 11) is 0. The van der Waals surface area contributed by atoms with Gasteiger partial charge in [-0.2, -0.15) is 0 Å². The Hall–Kier alpha value is -3.61. The summed E-state index contributed by atoms with van der Waals surface area (Å²) >= 11 is 0. The molecular weight excluding hydrogens is 452 g/mol. The molecule has 1 aromatic heterocycles. The second kappa shape index (κ2) is 9.12. The molecule has 2 aromatic carbocycles. The van der Waals surface area contributed by atoms with Crippen molar-refractivity contribution in [3.8, 4) is 0 Å². The second-order valence-corrected chi connectivity index (χ2v) is 10.6. The third-order valence-corrected chi connectivity index (χ3v) is 7.77. The molecule has 3 atom stereocenters. The number of para-hydroxylation sites is 1. The summed E-state index contributed by atoms with van der Waals surface area (Å²) in [6.45, 7) is 7.97. The van der Waals surface area contributed by atoms with Crippen molar-refractivity contribution in [3.63, 3.8) is 0 Å². The van der Waals surface area contributed by atoms with Gasteiger partial charge in [0.25, 0.3) is 5.91 Å². The highest BCUT2D eigenvalue weighted by Gasteiger charge is 2.61. The van der Waals surface area contributed by atoms with E-state index in [2.05, 4.69) is 22.4 Å². The molecule has 2 N–H and O–H groups in total. The molecule has 7 heteroatoms. The number of nitrogens with zero attached hydrogens (tertiary/aromatic N) is 2. The maximum absolute atomic E-state index is 14.0. The number of H-pyrrole nitrogens is 1. The van der Waals surface area contributed by atoms with E-state index in [1.807, 2.05) is 63.2 Å². The number of carbonyl (C=O) groups excluding carboxylic acids is 3. The summed E-state index contributed by atoms with van der Waals surface area (Å²) in [5.74, 6) is -0.857. The van der Waals surface area contributed by atoms with E-state index in [4.69, 9.17) is 0 Å². The Kier molecular flexibility index (Phi) is 6.10. The molecule has 0 bridgehead atoms. The van der Waals surface area contributed by atoms with Crippen molar-refractivity contribution in [2.75, 3.05) is 6.54 Å². The Labute approximate surface area is 211 Å². The monoisotopic (exact) mass is 486 g/mol. The molecule has 36 heavy (non-hydrogen) atoms. The third-order valence-electron chi connectivity index (χ3n) is 7.77. The van der Waals surface area contributed by atoms with E-state index in [9.17, 15) is 14.4 Å². The second-order valence-electron chi connectivity index (χ2n) is 10.6. The maximum atomic E-state index is 14.0. The number of aromatic amines is 1. The van der Waals surface area contributed by atoms with Crippen molar-refractivity contribution in [1.82, 2.24) is 20.1 Å². The number of aromatic nitrogens is 1. The molecule has 0 spiro atoms. The number of benzene rings is 2. The summed E-state index contributed by atoms with van der Waals surface area (Å²) in [4.78, 5) is 47.4. The van der Waals surface area contributed by atoms with Crippen molar-refractivity contribution >= 4 is 28.7 Å². The molecule has 188 valence electrons. The minimum absolute atomic E-state index is 0.0924. The number of nitrogens with one attached hydrogen (secondary N) is 2. The first-order valence-corrected chi connectivity index (χ1v) is 12.8. The van der Waals surface area contributed by atoms with Crippen LogP contribution in [0.3, 0.4) is 0 Å². The zero-order valence-electron chi connectivity index (χ0n) is 21.4. The van der Waals surface area contributed by atoms with Crippen LogP contribution in [0.2, 0.25) is 0 Å². The first-order chi connectivity index (χ1) is 17.2. The average Bonchev–Trinajstić information content (AvgIpc) is 3.33. The molecule has 2 aliphatic heterocycles. The summed E-state index contributed by atoms with van der Waals surface area (Å²) in [6.07, 6.45) is 2.27. The highest BCUT2D eigenvalue weighted by molar-refractivity contribution is 6.11. The molecule has 1 saturated heterocycles. The lowest BCUT2D eigenvalue weighted by Crippen LogP contribution is -2.54. The van der Waals surface area contributed by atoms with Gasteiger partial charge in [0, 0.05) is 23.5 Å². The van der Waals surface area contributed by atoms with Gasteiger partial charge in [-0.3, -0.25) is 9.59 Å². The van der Waals surface area contributed by atoms with Gasteiger partial charge in [-0.1, -0.05) is 62.4 Å². The highest BCUT2D eigenvalue weighted by atomic mass is 16.2. The summed E-state index contributed by atoms with van der Waals surface area (Å²) in [5, 5.41) is 4.15. The number of fused-ring (bicyclic) bond motifs is 5. The van der Waals surface area contributed by atoms with Crippen LogP contribution in [0.4, 0.5) is 4.79 Å². The SMILES string of the molecule is CC(CCc1ccccc1)NC(=O)[C@H](C(C)C)N1C(=O)N2CCc3c([nH]c4ccccc34)[C@@]2(C)C1=O. The van der Waals surface area contributed by atoms with Crippen molar-refractivity contribution in [2.24, 2.45) is 5.92 Å². The predicted octanol–water partition coefficient (Wildman–Crippen LogP) is 4.37. The molecular formula is C29H34N4O3. The number of hydrogen-bond acceptors (Lipinski definition) is 3. The molecule has 0 aliphatic carbocycles. The van der Waals surface area contributed by atoms with Crippen LogP contribution in [0.1, 0.15) is 50.9 Å². The number of rotatable bonds is 7. The number of amides is 4. The van der Waals surface area contributed by atoms with E-state index in [1.165, 1.54) is 10.5 Å². The van der Waals surface area contributed by atoms with E-state index in [1.54, 1.807) is 11.8 Å². The Morgan fingerprint density at radius 2 is 1.75 bits per heavy atom. The van der Waals surface area contributed by atoms with Crippen LogP contribution in [-0.2, 0) is 28.0 Å². The van der Waals surface area contributed by atoms with E-state index in [0.717, 1.165) is 35.0 Å². The lowest BCUT2D eigenvalue weighted by atomic mass is 9.86. The van der Waals surface area contributed by atoms with Crippen LogP contribution in [0.5, 0.6) is 0 Å². The Morgan fingerprint density at radius 3 is 2.47 bits per heavy atom. The first kappa shape index (κ1) is 24.1. The molecule has 1 fully saturated rings. The van der Waals surface area contributed by atoms with Gasteiger partial charge in [0.05, 0.1) is 5.69 Å². The minimum Gasteiger partial charge on any atom is -0.356 e. The van der Waals surface area contributed by atoms with Gasteiger partial charge in [0.15, 0.2) is 5.54 Å². The zero-order chi connectivity index (χ0) is 25.6. The number of hydrogen-bond donors (Lipinski definition) is 2. The molecule has 7 nitrogen and oxygen atoms in total. The van der Waals surface area contributed by atoms with E-state index < -0.39 is 17.6 Å². The van der Waals surface area contributed by atoms with E-state index in [-0.39, 0.29) is 23.8 Å². The van der Waals surface area contributed by atoms with Gasteiger partial charge >= 0.3 is 6.03 Å². The molecule has 3 heterocycles. The fraction of sp³-hybridized carbons (Fsp3) is 0.414. The summed E-state index contributed by atoms with van der Waals surface area (Å²) in [5.41, 5.74) is 2.84. The number of carbonyl (C=O) groups is 3.